The molecule has 0 aliphatic heterocycles. The fourth-order valence-electron chi connectivity index (χ4n) is 2.18. The second-order valence-electron chi connectivity index (χ2n) is 5.21. The maximum atomic E-state index is 11.9. The molecule has 0 fully saturated rings. The molecule has 0 aromatic carbocycles. The predicted molar refractivity (Wildman–Crippen MR) is 86.8 cm³/mol. The van der Waals surface area contributed by atoms with Crippen LogP contribution in [-0.2, 0) is 17.6 Å². The zero-order valence-electron chi connectivity index (χ0n) is 13.1. The van der Waals surface area contributed by atoms with Gasteiger partial charge in [0.1, 0.15) is 0 Å². The molecule has 1 N–H and O–H groups in total. The lowest BCUT2D eigenvalue weighted by atomic mass is 10.2. The molecule has 0 radical (unpaired) electrons. The minimum Gasteiger partial charge on any atom is -0.356 e. The Balaban J connectivity index is 1.42. The van der Waals surface area contributed by atoms with E-state index >= 15 is 0 Å². The average molecular weight is 323 g/mol. The van der Waals surface area contributed by atoms with Gasteiger partial charge in [-0.25, -0.2) is 0 Å². The minimum absolute atomic E-state index is 0.0393. The second kappa shape index (κ2) is 7.96. The molecule has 3 heterocycles. The summed E-state index contributed by atoms with van der Waals surface area (Å²) < 4.78 is 5.17. The first-order chi connectivity index (χ1) is 11.8. The van der Waals surface area contributed by atoms with Crippen molar-refractivity contribution in [3.8, 4) is 11.4 Å². The summed E-state index contributed by atoms with van der Waals surface area (Å²) in [5, 5.41) is 6.79. The number of carbonyl (C=O) groups is 1. The van der Waals surface area contributed by atoms with Gasteiger partial charge in [0.25, 0.3) is 0 Å². The van der Waals surface area contributed by atoms with Crippen LogP contribution in [0.2, 0.25) is 0 Å². The van der Waals surface area contributed by atoms with Crippen molar-refractivity contribution >= 4 is 5.91 Å². The van der Waals surface area contributed by atoms with Gasteiger partial charge in [0.05, 0.1) is 0 Å². The Morgan fingerprint density at radius 2 is 1.96 bits per heavy atom. The van der Waals surface area contributed by atoms with Crippen molar-refractivity contribution in [2.45, 2.75) is 19.3 Å². The fraction of sp³-hybridized carbons (Fsp3) is 0.235. The van der Waals surface area contributed by atoms with E-state index in [2.05, 4.69) is 25.4 Å². The SMILES string of the molecule is O=C(CCc1nc(-c2ccncc2)no1)NCCc1cccnc1. The van der Waals surface area contributed by atoms with Gasteiger partial charge in [-0.05, 0) is 30.2 Å². The summed E-state index contributed by atoms with van der Waals surface area (Å²) in [4.78, 5) is 24.1. The molecule has 1 amide bonds. The smallest absolute Gasteiger partial charge is 0.227 e. The Hall–Kier alpha value is -3.09. The largest absolute Gasteiger partial charge is 0.356 e. The molecule has 0 atom stereocenters. The number of nitrogens with zero attached hydrogens (tertiary/aromatic N) is 4. The number of hydrogen-bond acceptors (Lipinski definition) is 6. The molecule has 0 aliphatic carbocycles. The third-order valence-corrected chi connectivity index (χ3v) is 3.43. The van der Waals surface area contributed by atoms with Gasteiger partial charge in [-0.1, -0.05) is 11.2 Å². The summed E-state index contributed by atoms with van der Waals surface area (Å²) in [6.07, 6.45) is 8.34. The topological polar surface area (TPSA) is 93.8 Å². The highest BCUT2D eigenvalue weighted by Gasteiger charge is 2.10. The van der Waals surface area contributed by atoms with E-state index in [1.54, 1.807) is 36.9 Å². The van der Waals surface area contributed by atoms with Gasteiger partial charge >= 0.3 is 0 Å². The number of nitrogens with one attached hydrogen (secondary N) is 1. The van der Waals surface area contributed by atoms with Crippen LogP contribution in [0.15, 0.2) is 53.6 Å². The first kappa shape index (κ1) is 15.8. The third kappa shape index (κ3) is 4.45. The molecule has 3 aromatic heterocycles. The Bertz CT molecular complexity index is 774. The molecule has 7 nitrogen and oxygen atoms in total. The van der Waals surface area contributed by atoms with Crippen molar-refractivity contribution in [1.29, 1.82) is 0 Å². The van der Waals surface area contributed by atoms with Crippen LogP contribution >= 0.6 is 0 Å². The van der Waals surface area contributed by atoms with Gasteiger partial charge in [0, 0.05) is 49.7 Å². The van der Waals surface area contributed by atoms with Crippen LogP contribution in [0, 0.1) is 0 Å². The van der Waals surface area contributed by atoms with E-state index in [0.29, 0.717) is 31.1 Å². The number of aryl methyl sites for hydroxylation is 1. The van der Waals surface area contributed by atoms with Gasteiger partial charge in [-0.3, -0.25) is 14.8 Å². The molecular formula is C17H17N5O2. The fourth-order valence-corrected chi connectivity index (χ4v) is 2.18. The first-order valence-corrected chi connectivity index (χ1v) is 7.70. The summed E-state index contributed by atoms with van der Waals surface area (Å²) in [5.41, 5.74) is 1.93. The van der Waals surface area contributed by atoms with Gasteiger partial charge in [-0.2, -0.15) is 4.98 Å². The molecule has 122 valence electrons. The van der Waals surface area contributed by atoms with Gasteiger partial charge in [0.2, 0.25) is 17.6 Å². The van der Waals surface area contributed by atoms with E-state index in [-0.39, 0.29) is 5.91 Å². The molecule has 0 bridgehead atoms. The number of hydrogen-bond donors (Lipinski definition) is 1. The van der Waals surface area contributed by atoms with Gasteiger partial charge in [-0.15, -0.1) is 0 Å². The molecule has 3 aromatic rings. The zero-order chi connectivity index (χ0) is 16.6. The molecule has 24 heavy (non-hydrogen) atoms. The van der Waals surface area contributed by atoms with Crippen molar-refractivity contribution in [2.24, 2.45) is 0 Å². The second-order valence-corrected chi connectivity index (χ2v) is 5.21. The summed E-state index contributed by atoms with van der Waals surface area (Å²) in [6, 6.07) is 7.48. The molecule has 0 saturated heterocycles. The Morgan fingerprint density at radius 1 is 1.08 bits per heavy atom. The molecule has 0 unspecified atom stereocenters. The van der Waals surface area contributed by atoms with Crippen molar-refractivity contribution < 1.29 is 9.32 Å². The summed E-state index contributed by atoms with van der Waals surface area (Å²) in [7, 11) is 0. The monoisotopic (exact) mass is 323 g/mol. The normalized spacial score (nSPS) is 10.5. The molecular weight excluding hydrogens is 306 g/mol. The van der Waals surface area contributed by atoms with Crippen molar-refractivity contribution in [1.82, 2.24) is 25.4 Å². The number of aromatic nitrogens is 4. The van der Waals surface area contributed by atoms with Crippen LogP contribution in [0.3, 0.4) is 0 Å². The Morgan fingerprint density at radius 3 is 2.75 bits per heavy atom. The number of carbonyl (C=O) groups excluding carboxylic acids is 1. The molecule has 3 rings (SSSR count). The highest BCUT2D eigenvalue weighted by Crippen LogP contribution is 2.14. The lowest BCUT2D eigenvalue weighted by Gasteiger charge is -2.03. The van der Waals surface area contributed by atoms with Crippen molar-refractivity contribution in [3.05, 3.63) is 60.5 Å². The van der Waals surface area contributed by atoms with Crippen LogP contribution in [0.5, 0.6) is 0 Å². The standard InChI is InChI=1S/C17H17N5O2/c23-15(20-11-5-13-2-1-8-19-12-13)3-4-16-21-17(22-24-16)14-6-9-18-10-7-14/h1-2,6-10,12H,3-5,11H2,(H,20,23). The van der Waals surface area contributed by atoms with E-state index < -0.39 is 0 Å². The quantitative estimate of drug-likeness (QED) is 0.713. The molecule has 7 heteroatoms. The minimum atomic E-state index is -0.0393. The maximum Gasteiger partial charge on any atom is 0.227 e. The summed E-state index contributed by atoms with van der Waals surface area (Å²) in [6.45, 7) is 0.580. The van der Waals surface area contributed by atoms with E-state index in [9.17, 15) is 4.79 Å². The van der Waals surface area contributed by atoms with Crippen molar-refractivity contribution in [3.63, 3.8) is 0 Å². The number of rotatable bonds is 7. The Kier molecular flexibility index (Phi) is 5.24. The summed E-state index contributed by atoms with van der Waals surface area (Å²) >= 11 is 0. The van der Waals surface area contributed by atoms with E-state index in [1.807, 2.05) is 12.1 Å². The van der Waals surface area contributed by atoms with Gasteiger partial charge < -0.3 is 9.84 Å². The predicted octanol–water partition coefficient (Wildman–Crippen LogP) is 1.82. The van der Waals surface area contributed by atoms with E-state index in [0.717, 1.165) is 17.5 Å². The van der Waals surface area contributed by atoms with Gasteiger partial charge in [0.15, 0.2) is 0 Å². The van der Waals surface area contributed by atoms with E-state index in [1.165, 1.54) is 0 Å². The zero-order valence-corrected chi connectivity index (χ0v) is 13.1. The van der Waals surface area contributed by atoms with Crippen LogP contribution in [0.1, 0.15) is 17.9 Å². The van der Waals surface area contributed by atoms with Crippen LogP contribution in [0.25, 0.3) is 11.4 Å². The van der Waals surface area contributed by atoms with Crippen molar-refractivity contribution in [2.75, 3.05) is 6.54 Å². The first-order valence-electron chi connectivity index (χ1n) is 7.70. The summed E-state index contributed by atoms with van der Waals surface area (Å²) in [5.74, 6) is 0.913. The number of amides is 1. The molecule has 0 aliphatic rings. The lowest BCUT2D eigenvalue weighted by Crippen LogP contribution is -2.25. The van der Waals surface area contributed by atoms with Crippen LogP contribution in [-0.4, -0.2) is 32.6 Å². The Labute approximate surface area is 139 Å². The third-order valence-electron chi connectivity index (χ3n) is 3.43. The van der Waals surface area contributed by atoms with Crippen LogP contribution < -0.4 is 5.32 Å². The average Bonchev–Trinajstić information content (AvgIpc) is 3.11. The molecule has 0 spiro atoms. The highest BCUT2D eigenvalue weighted by molar-refractivity contribution is 5.76. The lowest BCUT2D eigenvalue weighted by molar-refractivity contribution is -0.121. The molecule has 0 saturated carbocycles. The maximum absolute atomic E-state index is 11.9. The van der Waals surface area contributed by atoms with E-state index in [4.69, 9.17) is 4.52 Å². The number of pyridine rings is 2. The van der Waals surface area contributed by atoms with Crippen LogP contribution in [0.4, 0.5) is 0 Å². The highest BCUT2D eigenvalue weighted by atomic mass is 16.5.